The van der Waals surface area contributed by atoms with Gasteiger partial charge >= 0.3 is 6.61 Å². The molecule has 9 heteroatoms. The molecule has 2 rings (SSSR count). The molecule has 1 unspecified atom stereocenters. The summed E-state index contributed by atoms with van der Waals surface area (Å²) in [6, 6.07) is 8.96. The third-order valence-corrected chi connectivity index (χ3v) is 4.39. The third kappa shape index (κ3) is 5.40. The number of amides is 1. The summed E-state index contributed by atoms with van der Waals surface area (Å²) in [4.78, 5) is 23.2. The molecular formula is C20H22F2N2O5. The molecule has 2 aromatic rings. The van der Waals surface area contributed by atoms with E-state index in [1.54, 1.807) is 6.92 Å². The Morgan fingerprint density at radius 1 is 1.07 bits per heavy atom. The van der Waals surface area contributed by atoms with Crippen molar-refractivity contribution in [2.75, 3.05) is 7.11 Å². The molecule has 156 valence electrons. The molecule has 7 nitrogen and oxygen atoms in total. The molecular weight excluding hydrogens is 386 g/mol. The van der Waals surface area contributed by atoms with Gasteiger partial charge in [0.25, 0.3) is 11.6 Å². The minimum Gasteiger partial charge on any atom is -0.493 e. The van der Waals surface area contributed by atoms with E-state index in [9.17, 15) is 23.7 Å². The van der Waals surface area contributed by atoms with Gasteiger partial charge in [0.15, 0.2) is 11.5 Å². The number of hydrogen-bond acceptors (Lipinski definition) is 5. The van der Waals surface area contributed by atoms with Crippen LogP contribution in [-0.4, -0.2) is 24.6 Å². The fourth-order valence-electron chi connectivity index (χ4n) is 2.76. The number of nitrogens with zero attached hydrogens (tertiary/aromatic N) is 1. The maximum Gasteiger partial charge on any atom is 0.387 e. The van der Waals surface area contributed by atoms with Crippen molar-refractivity contribution in [3.05, 3.63) is 63.2 Å². The number of rotatable bonds is 8. The van der Waals surface area contributed by atoms with Gasteiger partial charge in [0.05, 0.1) is 24.1 Å². The summed E-state index contributed by atoms with van der Waals surface area (Å²) in [6.07, 6.45) is 0. The summed E-state index contributed by atoms with van der Waals surface area (Å²) >= 11 is 0. The first-order valence-corrected chi connectivity index (χ1v) is 8.86. The number of nitrogens with one attached hydrogen (secondary N) is 1. The highest BCUT2D eigenvalue weighted by atomic mass is 19.3. The summed E-state index contributed by atoms with van der Waals surface area (Å²) in [5.41, 5.74) is 0.970. The van der Waals surface area contributed by atoms with Crippen LogP contribution in [0.15, 0.2) is 36.4 Å². The number of nitro benzene ring substituents is 1. The predicted molar refractivity (Wildman–Crippen MR) is 103 cm³/mol. The van der Waals surface area contributed by atoms with E-state index in [2.05, 4.69) is 23.9 Å². The Hall–Kier alpha value is -3.23. The van der Waals surface area contributed by atoms with Crippen LogP contribution in [-0.2, 0) is 0 Å². The van der Waals surface area contributed by atoms with Crippen LogP contribution in [0.3, 0.4) is 0 Å². The van der Waals surface area contributed by atoms with Gasteiger partial charge in [-0.15, -0.1) is 0 Å². The molecule has 0 fully saturated rings. The van der Waals surface area contributed by atoms with Crippen molar-refractivity contribution < 1.29 is 28.0 Å². The molecule has 0 heterocycles. The van der Waals surface area contributed by atoms with E-state index in [0.29, 0.717) is 5.92 Å². The minimum absolute atomic E-state index is 0.213. The average molecular weight is 408 g/mol. The van der Waals surface area contributed by atoms with E-state index >= 15 is 0 Å². The summed E-state index contributed by atoms with van der Waals surface area (Å²) in [5, 5.41) is 14.0. The maximum absolute atomic E-state index is 12.7. The quantitative estimate of drug-likeness (QED) is 0.500. The van der Waals surface area contributed by atoms with Crippen molar-refractivity contribution in [3.63, 3.8) is 0 Å². The highest BCUT2D eigenvalue weighted by Crippen LogP contribution is 2.36. The topological polar surface area (TPSA) is 90.7 Å². The molecule has 0 radical (unpaired) electrons. The van der Waals surface area contributed by atoms with Gasteiger partial charge in [0.2, 0.25) is 0 Å². The number of benzene rings is 2. The lowest BCUT2D eigenvalue weighted by atomic mass is 9.99. The zero-order chi connectivity index (χ0) is 21.7. The first-order chi connectivity index (χ1) is 13.6. The lowest BCUT2D eigenvalue weighted by Gasteiger charge is -2.17. The summed E-state index contributed by atoms with van der Waals surface area (Å²) < 4.78 is 34.3. The smallest absolute Gasteiger partial charge is 0.387 e. The Labute approximate surface area is 166 Å². The lowest BCUT2D eigenvalue weighted by molar-refractivity contribution is -0.385. The number of hydrogen-bond donors (Lipinski definition) is 1. The second-order valence-corrected chi connectivity index (χ2v) is 6.67. The van der Waals surface area contributed by atoms with Crippen LogP contribution in [0.5, 0.6) is 11.5 Å². The van der Waals surface area contributed by atoms with Gasteiger partial charge in [0.1, 0.15) is 5.56 Å². The van der Waals surface area contributed by atoms with Crippen LogP contribution in [0.2, 0.25) is 0 Å². The van der Waals surface area contributed by atoms with Crippen molar-refractivity contribution in [1.29, 1.82) is 0 Å². The Bertz CT molecular complexity index is 885. The molecule has 0 saturated carbocycles. The molecule has 1 N–H and O–H groups in total. The summed E-state index contributed by atoms with van der Waals surface area (Å²) in [5.74, 6) is -1.12. The Morgan fingerprint density at radius 2 is 1.66 bits per heavy atom. The molecule has 0 aliphatic heterocycles. The van der Waals surface area contributed by atoms with Gasteiger partial charge in [0, 0.05) is 6.07 Å². The van der Waals surface area contributed by atoms with Crippen LogP contribution in [0, 0.1) is 10.1 Å². The van der Waals surface area contributed by atoms with Crippen molar-refractivity contribution >= 4 is 11.6 Å². The number of alkyl halides is 2. The first kappa shape index (κ1) is 22.1. The Kier molecular flexibility index (Phi) is 7.08. The SMILES string of the molecule is COc1cc(C(=O)NC(C)c2ccc(C(C)C)cc2)c([N+](=O)[O-])cc1OC(F)F. The predicted octanol–water partition coefficient (Wildman–Crippen LogP) is 4.82. The number of halogens is 2. The normalized spacial score (nSPS) is 12.0. The molecule has 0 bridgehead atoms. The number of carbonyl (C=O) groups is 1. The van der Waals surface area contributed by atoms with E-state index < -0.39 is 34.9 Å². The molecule has 0 aromatic heterocycles. The highest BCUT2D eigenvalue weighted by molar-refractivity contribution is 5.99. The van der Waals surface area contributed by atoms with Gasteiger partial charge in [-0.3, -0.25) is 14.9 Å². The number of nitro groups is 1. The fourth-order valence-corrected chi connectivity index (χ4v) is 2.76. The average Bonchev–Trinajstić information content (AvgIpc) is 2.66. The van der Waals surface area contributed by atoms with Gasteiger partial charge in [-0.25, -0.2) is 0 Å². The first-order valence-electron chi connectivity index (χ1n) is 8.86. The van der Waals surface area contributed by atoms with Crippen molar-refractivity contribution in [2.24, 2.45) is 0 Å². The van der Waals surface area contributed by atoms with Crippen molar-refractivity contribution in [3.8, 4) is 11.5 Å². The molecule has 2 aromatic carbocycles. The minimum atomic E-state index is -3.20. The maximum atomic E-state index is 12.7. The molecule has 0 aliphatic rings. The molecule has 0 aliphatic carbocycles. The Balaban J connectivity index is 2.31. The number of carbonyl (C=O) groups excluding carboxylic acids is 1. The largest absolute Gasteiger partial charge is 0.493 e. The van der Waals surface area contributed by atoms with Gasteiger partial charge in [-0.1, -0.05) is 38.1 Å². The zero-order valence-corrected chi connectivity index (χ0v) is 16.4. The fraction of sp³-hybridized carbons (Fsp3) is 0.350. The molecule has 29 heavy (non-hydrogen) atoms. The van der Waals surface area contributed by atoms with Crippen LogP contribution in [0.1, 0.15) is 54.2 Å². The number of methoxy groups -OCH3 is 1. The molecule has 1 amide bonds. The van der Waals surface area contributed by atoms with Crippen molar-refractivity contribution in [1.82, 2.24) is 5.32 Å². The molecule has 0 saturated heterocycles. The van der Waals surface area contributed by atoms with E-state index in [1.165, 1.54) is 7.11 Å². The summed E-state index contributed by atoms with van der Waals surface area (Å²) in [7, 11) is 1.18. The van der Waals surface area contributed by atoms with E-state index in [0.717, 1.165) is 23.3 Å². The standard InChI is InChI=1S/C20H22F2N2O5/c1-11(2)13-5-7-14(8-6-13)12(3)23-19(25)15-9-17(28-4)18(29-20(21)22)10-16(15)24(26)27/h5-12,20H,1-4H3,(H,23,25). The molecule has 0 spiro atoms. The van der Waals surface area contributed by atoms with Crippen LogP contribution in [0.4, 0.5) is 14.5 Å². The van der Waals surface area contributed by atoms with Crippen LogP contribution in [0.25, 0.3) is 0 Å². The lowest BCUT2D eigenvalue weighted by Crippen LogP contribution is -2.27. The molecule has 1 atom stereocenters. The number of ether oxygens (including phenoxy) is 2. The van der Waals surface area contributed by atoms with E-state index in [1.807, 2.05) is 24.3 Å². The second-order valence-electron chi connectivity index (χ2n) is 6.67. The van der Waals surface area contributed by atoms with E-state index in [4.69, 9.17) is 4.74 Å². The van der Waals surface area contributed by atoms with Gasteiger partial charge < -0.3 is 14.8 Å². The van der Waals surface area contributed by atoms with Gasteiger partial charge in [-0.2, -0.15) is 8.78 Å². The summed E-state index contributed by atoms with van der Waals surface area (Å²) in [6.45, 7) is 2.67. The van der Waals surface area contributed by atoms with Gasteiger partial charge in [-0.05, 0) is 24.0 Å². The van der Waals surface area contributed by atoms with Crippen LogP contribution < -0.4 is 14.8 Å². The van der Waals surface area contributed by atoms with Crippen molar-refractivity contribution in [2.45, 2.75) is 39.3 Å². The van der Waals surface area contributed by atoms with E-state index in [-0.39, 0.29) is 11.3 Å². The monoisotopic (exact) mass is 408 g/mol. The van der Waals surface area contributed by atoms with Crippen LogP contribution >= 0.6 is 0 Å². The highest BCUT2D eigenvalue weighted by Gasteiger charge is 2.26. The Morgan fingerprint density at radius 3 is 2.14 bits per heavy atom. The zero-order valence-electron chi connectivity index (χ0n) is 16.4. The third-order valence-electron chi connectivity index (χ3n) is 4.39. The second kappa shape index (κ2) is 9.31.